The van der Waals surface area contributed by atoms with E-state index < -0.39 is 0 Å². The van der Waals surface area contributed by atoms with Gasteiger partial charge in [0.15, 0.2) is 0 Å². The second kappa shape index (κ2) is 5.10. The fraction of sp³-hybridized carbons (Fsp3) is 1.00. The van der Waals surface area contributed by atoms with E-state index in [1.54, 1.807) is 0 Å². The lowest BCUT2D eigenvalue weighted by atomic mass is 9.87. The Kier molecular flexibility index (Phi) is 3.79. The van der Waals surface area contributed by atoms with Gasteiger partial charge in [-0.05, 0) is 37.5 Å². The van der Waals surface area contributed by atoms with Crippen molar-refractivity contribution in [1.82, 2.24) is 0 Å². The summed E-state index contributed by atoms with van der Waals surface area (Å²) in [4.78, 5) is 0. The first-order valence-corrected chi connectivity index (χ1v) is 5.77. The minimum atomic E-state index is 0.348. The molecule has 2 unspecified atom stereocenters. The highest BCUT2D eigenvalue weighted by atomic mass is 16.5. The van der Waals surface area contributed by atoms with Gasteiger partial charge in [-0.1, -0.05) is 0 Å². The molecule has 2 aliphatic rings. The van der Waals surface area contributed by atoms with E-state index in [1.807, 2.05) is 0 Å². The van der Waals surface area contributed by atoms with Crippen LogP contribution in [0, 0.1) is 11.8 Å². The highest BCUT2D eigenvalue weighted by Crippen LogP contribution is 2.25. The topological polar surface area (TPSA) is 44.5 Å². The molecule has 2 atom stereocenters. The maximum Gasteiger partial charge on any atom is 0.0509 e. The molecule has 0 spiro atoms. The molecule has 0 aromatic rings. The zero-order chi connectivity index (χ0) is 9.80. The Balaban J connectivity index is 1.72. The molecular weight excluding hydrogens is 178 g/mol. The molecule has 2 heterocycles. The van der Waals surface area contributed by atoms with Crippen LogP contribution in [0.3, 0.4) is 0 Å². The van der Waals surface area contributed by atoms with Gasteiger partial charge >= 0.3 is 0 Å². The summed E-state index contributed by atoms with van der Waals surface area (Å²) in [5, 5.41) is 0. The smallest absolute Gasteiger partial charge is 0.0509 e. The summed E-state index contributed by atoms with van der Waals surface area (Å²) < 4.78 is 10.7. The lowest BCUT2D eigenvalue weighted by molar-refractivity contribution is 0.0593. The van der Waals surface area contributed by atoms with Crippen molar-refractivity contribution in [3.05, 3.63) is 0 Å². The monoisotopic (exact) mass is 199 g/mol. The normalized spacial score (nSPS) is 31.9. The number of hydrogen-bond donors (Lipinski definition) is 1. The third-order valence-electron chi connectivity index (χ3n) is 3.52. The minimum Gasteiger partial charge on any atom is -0.381 e. The third kappa shape index (κ3) is 2.69. The predicted molar refractivity (Wildman–Crippen MR) is 55.1 cm³/mol. The second-order valence-electron chi connectivity index (χ2n) is 4.58. The molecule has 0 aromatic heterocycles. The summed E-state index contributed by atoms with van der Waals surface area (Å²) >= 11 is 0. The molecule has 2 rings (SSSR count). The minimum absolute atomic E-state index is 0.348. The van der Waals surface area contributed by atoms with E-state index in [-0.39, 0.29) is 0 Å². The number of rotatable bonds is 3. The van der Waals surface area contributed by atoms with Gasteiger partial charge in [0.25, 0.3) is 0 Å². The zero-order valence-corrected chi connectivity index (χ0v) is 8.78. The van der Waals surface area contributed by atoms with Crippen molar-refractivity contribution in [2.75, 3.05) is 26.4 Å². The standard InChI is InChI=1S/C11H21NO2/c12-11(10-3-6-14-8-10)7-9-1-4-13-5-2-9/h9-11H,1-8,12H2. The van der Waals surface area contributed by atoms with Gasteiger partial charge in [-0.3, -0.25) is 0 Å². The number of hydrogen-bond acceptors (Lipinski definition) is 3. The number of ether oxygens (including phenoxy) is 2. The largest absolute Gasteiger partial charge is 0.381 e. The zero-order valence-electron chi connectivity index (χ0n) is 8.78. The van der Waals surface area contributed by atoms with Crippen molar-refractivity contribution >= 4 is 0 Å². The molecular formula is C11H21NO2. The summed E-state index contributed by atoms with van der Waals surface area (Å²) in [6.45, 7) is 3.65. The summed E-state index contributed by atoms with van der Waals surface area (Å²) in [5.74, 6) is 1.40. The average Bonchev–Trinajstić information content (AvgIpc) is 2.72. The highest BCUT2D eigenvalue weighted by Gasteiger charge is 2.26. The Labute approximate surface area is 85.9 Å². The van der Waals surface area contributed by atoms with Crippen molar-refractivity contribution in [2.24, 2.45) is 17.6 Å². The summed E-state index contributed by atoms with van der Waals surface area (Å²) in [6, 6.07) is 0.348. The van der Waals surface area contributed by atoms with Crippen LogP contribution in [-0.2, 0) is 9.47 Å². The van der Waals surface area contributed by atoms with Gasteiger partial charge < -0.3 is 15.2 Å². The van der Waals surface area contributed by atoms with Gasteiger partial charge in [0, 0.05) is 25.9 Å². The molecule has 0 saturated carbocycles. The van der Waals surface area contributed by atoms with E-state index in [4.69, 9.17) is 15.2 Å². The predicted octanol–water partition coefficient (Wildman–Crippen LogP) is 1.17. The average molecular weight is 199 g/mol. The van der Waals surface area contributed by atoms with Crippen LogP contribution in [0.2, 0.25) is 0 Å². The van der Waals surface area contributed by atoms with Crippen LogP contribution >= 0.6 is 0 Å². The maximum absolute atomic E-state index is 6.19. The highest BCUT2D eigenvalue weighted by molar-refractivity contribution is 4.79. The number of nitrogens with two attached hydrogens (primary N) is 1. The molecule has 2 N–H and O–H groups in total. The Bertz CT molecular complexity index is 163. The third-order valence-corrected chi connectivity index (χ3v) is 3.52. The summed E-state index contributed by atoms with van der Waals surface area (Å²) in [6.07, 6.45) is 4.71. The van der Waals surface area contributed by atoms with Crippen molar-refractivity contribution in [3.8, 4) is 0 Å². The first-order valence-electron chi connectivity index (χ1n) is 5.77. The van der Waals surface area contributed by atoms with Crippen LogP contribution < -0.4 is 5.73 Å². The Morgan fingerprint density at radius 1 is 1.07 bits per heavy atom. The van der Waals surface area contributed by atoms with Crippen LogP contribution in [-0.4, -0.2) is 32.5 Å². The molecule has 2 aliphatic heterocycles. The van der Waals surface area contributed by atoms with Crippen molar-refractivity contribution in [3.63, 3.8) is 0 Å². The Morgan fingerprint density at radius 2 is 1.79 bits per heavy atom. The quantitative estimate of drug-likeness (QED) is 0.742. The first-order chi connectivity index (χ1) is 6.86. The van der Waals surface area contributed by atoms with E-state index >= 15 is 0 Å². The fourth-order valence-electron chi connectivity index (χ4n) is 2.45. The van der Waals surface area contributed by atoms with Gasteiger partial charge in [0.1, 0.15) is 0 Å². The molecule has 0 amide bonds. The van der Waals surface area contributed by atoms with Gasteiger partial charge in [0.05, 0.1) is 6.61 Å². The summed E-state index contributed by atoms with van der Waals surface area (Å²) in [5.41, 5.74) is 6.19. The van der Waals surface area contributed by atoms with Gasteiger partial charge in [0.2, 0.25) is 0 Å². The molecule has 0 aromatic carbocycles. The van der Waals surface area contributed by atoms with Crippen molar-refractivity contribution < 1.29 is 9.47 Å². The van der Waals surface area contributed by atoms with Crippen molar-refractivity contribution in [2.45, 2.75) is 31.7 Å². The Hall–Kier alpha value is -0.120. The van der Waals surface area contributed by atoms with Crippen LogP contribution in [0.4, 0.5) is 0 Å². The van der Waals surface area contributed by atoms with E-state index in [0.717, 1.165) is 45.2 Å². The lowest BCUT2D eigenvalue weighted by Gasteiger charge is -2.27. The van der Waals surface area contributed by atoms with Crippen LogP contribution in [0.1, 0.15) is 25.7 Å². The first kappa shape index (κ1) is 10.4. The molecule has 3 heteroatoms. The second-order valence-corrected chi connectivity index (χ2v) is 4.58. The molecule has 3 nitrogen and oxygen atoms in total. The van der Waals surface area contributed by atoms with E-state index in [0.29, 0.717) is 12.0 Å². The van der Waals surface area contributed by atoms with E-state index in [2.05, 4.69) is 0 Å². The molecule has 2 saturated heterocycles. The van der Waals surface area contributed by atoms with Crippen LogP contribution in [0.5, 0.6) is 0 Å². The molecule has 82 valence electrons. The van der Waals surface area contributed by atoms with E-state index in [9.17, 15) is 0 Å². The SMILES string of the molecule is NC(CC1CCOCC1)C1CCOC1. The molecule has 2 fully saturated rings. The van der Waals surface area contributed by atoms with Gasteiger partial charge in [-0.25, -0.2) is 0 Å². The summed E-state index contributed by atoms with van der Waals surface area (Å²) in [7, 11) is 0. The van der Waals surface area contributed by atoms with Gasteiger partial charge in [-0.2, -0.15) is 0 Å². The molecule has 14 heavy (non-hydrogen) atoms. The molecule has 0 radical (unpaired) electrons. The Morgan fingerprint density at radius 3 is 2.43 bits per heavy atom. The maximum atomic E-state index is 6.19. The van der Waals surface area contributed by atoms with E-state index in [1.165, 1.54) is 12.8 Å². The van der Waals surface area contributed by atoms with Crippen LogP contribution in [0.15, 0.2) is 0 Å². The fourth-order valence-corrected chi connectivity index (χ4v) is 2.45. The van der Waals surface area contributed by atoms with Gasteiger partial charge in [-0.15, -0.1) is 0 Å². The molecule has 0 bridgehead atoms. The van der Waals surface area contributed by atoms with Crippen LogP contribution in [0.25, 0.3) is 0 Å². The molecule has 0 aliphatic carbocycles. The van der Waals surface area contributed by atoms with Crippen molar-refractivity contribution in [1.29, 1.82) is 0 Å². The lowest BCUT2D eigenvalue weighted by Crippen LogP contribution is -2.34.